The molecule has 27 heavy (non-hydrogen) atoms. The second kappa shape index (κ2) is 9.84. The SMILES string of the molecule is CCCCNCC(=O)Nc1ccc(Sc2ccc(-c3nn[nH]n3)cc2)cc1. The molecular weight excluding hydrogens is 360 g/mol. The lowest BCUT2D eigenvalue weighted by molar-refractivity contribution is -0.115. The quantitative estimate of drug-likeness (QED) is 0.491. The van der Waals surface area contributed by atoms with Crippen LogP contribution in [0.4, 0.5) is 5.69 Å². The maximum Gasteiger partial charge on any atom is 0.238 e. The first-order valence-electron chi connectivity index (χ1n) is 8.87. The van der Waals surface area contributed by atoms with E-state index in [1.807, 2.05) is 48.5 Å². The number of carbonyl (C=O) groups excluding carboxylic acids is 1. The van der Waals surface area contributed by atoms with Gasteiger partial charge in [0.2, 0.25) is 11.7 Å². The molecule has 3 rings (SSSR count). The smallest absolute Gasteiger partial charge is 0.238 e. The highest BCUT2D eigenvalue weighted by molar-refractivity contribution is 7.99. The van der Waals surface area contributed by atoms with Crippen LogP contribution in [-0.4, -0.2) is 39.6 Å². The minimum atomic E-state index is -0.0245. The summed E-state index contributed by atoms with van der Waals surface area (Å²) >= 11 is 1.65. The molecule has 0 saturated carbocycles. The number of benzene rings is 2. The van der Waals surface area contributed by atoms with Crippen molar-refractivity contribution in [3.05, 3.63) is 48.5 Å². The predicted molar refractivity (Wildman–Crippen MR) is 107 cm³/mol. The van der Waals surface area contributed by atoms with Gasteiger partial charge in [-0.1, -0.05) is 25.1 Å². The number of rotatable bonds is 9. The second-order valence-corrected chi connectivity index (χ2v) is 7.11. The number of amides is 1. The highest BCUT2D eigenvalue weighted by Crippen LogP contribution is 2.29. The van der Waals surface area contributed by atoms with Crippen molar-refractivity contribution in [2.75, 3.05) is 18.4 Å². The Morgan fingerprint density at radius 1 is 1.07 bits per heavy atom. The lowest BCUT2D eigenvalue weighted by Crippen LogP contribution is -2.28. The largest absolute Gasteiger partial charge is 0.325 e. The molecule has 0 saturated heterocycles. The zero-order valence-corrected chi connectivity index (χ0v) is 15.9. The van der Waals surface area contributed by atoms with Crippen LogP contribution in [0.1, 0.15) is 19.8 Å². The van der Waals surface area contributed by atoms with Gasteiger partial charge in [-0.05, 0) is 66.7 Å². The number of hydrogen-bond acceptors (Lipinski definition) is 6. The third-order valence-corrected chi connectivity index (χ3v) is 4.84. The fourth-order valence-electron chi connectivity index (χ4n) is 2.41. The minimum absolute atomic E-state index is 0.0245. The van der Waals surface area contributed by atoms with E-state index in [4.69, 9.17) is 0 Å². The van der Waals surface area contributed by atoms with E-state index in [2.05, 4.69) is 38.2 Å². The van der Waals surface area contributed by atoms with Crippen LogP contribution in [0.3, 0.4) is 0 Å². The molecule has 7 nitrogen and oxygen atoms in total. The van der Waals surface area contributed by atoms with Crippen LogP contribution in [-0.2, 0) is 4.79 Å². The third kappa shape index (κ3) is 5.90. The van der Waals surface area contributed by atoms with Gasteiger partial charge in [0.1, 0.15) is 0 Å². The first-order chi connectivity index (χ1) is 13.2. The van der Waals surface area contributed by atoms with Crippen LogP contribution in [0, 0.1) is 0 Å². The Labute approximate surface area is 162 Å². The van der Waals surface area contributed by atoms with Gasteiger partial charge in [0.25, 0.3) is 0 Å². The van der Waals surface area contributed by atoms with Crippen LogP contribution in [0.15, 0.2) is 58.3 Å². The minimum Gasteiger partial charge on any atom is -0.325 e. The molecule has 1 aromatic heterocycles. The van der Waals surface area contributed by atoms with Crippen molar-refractivity contribution in [2.45, 2.75) is 29.6 Å². The summed E-state index contributed by atoms with van der Waals surface area (Å²) in [6, 6.07) is 15.8. The summed E-state index contributed by atoms with van der Waals surface area (Å²) in [5.74, 6) is 0.555. The summed E-state index contributed by atoms with van der Waals surface area (Å²) in [6.07, 6.45) is 2.20. The Balaban J connectivity index is 1.51. The number of carbonyl (C=O) groups is 1. The van der Waals surface area contributed by atoms with Gasteiger partial charge < -0.3 is 10.6 Å². The summed E-state index contributed by atoms with van der Waals surface area (Å²) in [6.45, 7) is 3.33. The molecule has 2 aromatic carbocycles. The fraction of sp³-hybridized carbons (Fsp3) is 0.263. The van der Waals surface area contributed by atoms with Gasteiger partial charge >= 0.3 is 0 Å². The third-order valence-electron chi connectivity index (χ3n) is 3.82. The Morgan fingerprint density at radius 2 is 1.78 bits per heavy atom. The summed E-state index contributed by atoms with van der Waals surface area (Å²) in [7, 11) is 0. The van der Waals surface area contributed by atoms with Crippen molar-refractivity contribution >= 4 is 23.4 Å². The van der Waals surface area contributed by atoms with Crippen LogP contribution in [0.2, 0.25) is 0 Å². The number of hydrogen-bond donors (Lipinski definition) is 3. The van der Waals surface area contributed by atoms with Crippen LogP contribution < -0.4 is 10.6 Å². The molecule has 0 radical (unpaired) electrons. The van der Waals surface area contributed by atoms with Gasteiger partial charge in [0.05, 0.1) is 6.54 Å². The zero-order valence-electron chi connectivity index (χ0n) is 15.1. The number of unbranched alkanes of at least 4 members (excludes halogenated alkanes) is 1. The summed E-state index contributed by atoms with van der Waals surface area (Å²) < 4.78 is 0. The Kier molecular flexibility index (Phi) is 6.95. The Bertz CT molecular complexity index is 834. The number of aromatic amines is 1. The lowest BCUT2D eigenvalue weighted by atomic mass is 10.2. The van der Waals surface area contributed by atoms with E-state index in [1.165, 1.54) is 0 Å². The van der Waals surface area contributed by atoms with Crippen LogP contribution in [0.25, 0.3) is 11.4 Å². The topological polar surface area (TPSA) is 95.6 Å². The highest BCUT2D eigenvalue weighted by Gasteiger charge is 2.05. The van der Waals surface area contributed by atoms with E-state index >= 15 is 0 Å². The van der Waals surface area contributed by atoms with E-state index in [1.54, 1.807) is 11.8 Å². The molecule has 0 spiro atoms. The van der Waals surface area contributed by atoms with Gasteiger partial charge in [-0.2, -0.15) is 5.21 Å². The van der Waals surface area contributed by atoms with Crippen molar-refractivity contribution in [2.24, 2.45) is 0 Å². The maximum atomic E-state index is 11.9. The Morgan fingerprint density at radius 3 is 2.41 bits per heavy atom. The van der Waals surface area contributed by atoms with Crippen LogP contribution >= 0.6 is 11.8 Å². The molecule has 3 aromatic rings. The molecule has 0 aliphatic carbocycles. The molecule has 3 N–H and O–H groups in total. The molecular formula is C19H22N6OS. The monoisotopic (exact) mass is 382 g/mol. The zero-order chi connectivity index (χ0) is 18.9. The van der Waals surface area contributed by atoms with E-state index in [-0.39, 0.29) is 5.91 Å². The molecule has 8 heteroatoms. The van der Waals surface area contributed by atoms with Gasteiger partial charge in [-0.15, -0.1) is 10.2 Å². The van der Waals surface area contributed by atoms with Gasteiger partial charge in [-0.25, -0.2) is 0 Å². The highest BCUT2D eigenvalue weighted by atomic mass is 32.2. The molecule has 0 aliphatic rings. The van der Waals surface area contributed by atoms with Gasteiger partial charge in [0, 0.05) is 21.0 Å². The number of nitrogens with one attached hydrogen (secondary N) is 3. The van der Waals surface area contributed by atoms with Crippen molar-refractivity contribution < 1.29 is 4.79 Å². The van der Waals surface area contributed by atoms with Gasteiger partial charge in [-0.3, -0.25) is 4.79 Å². The average molecular weight is 382 g/mol. The first-order valence-corrected chi connectivity index (χ1v) is 9.68. The van der Waals surface area contributed by atoms with Crippen molar-refractivity contribution in [1.82, 2.24) is 25.9 Å². The second-order valence-electron chi connectivity index (χ2n) is 5.96. The summed E-state index contributed by atoms with van der Waals surface area (Å²) in [4.78, 5) is 14.1. The molecule has 0 fully saturated rings. The Hall–Kier alpha value is -2.71. The van der Waals surface area contributed by atoms with Crippen molar-refractivity contribution in [1.29, 1.82) is 0 Å². The number of nitrogens with zero attached hydrogens (tertiary/aromatic N) is 3. The molecule has 1 heterocycles. The van der Waals surface area contributed by atoms with Crippen molar-refractivity contribution in [3.8, 4) is 11.4 Å². The lowest BCUT2D eigenvalue weighted by Gasteiger charge is -2.08. The summed E-state index contributed by atoms with van der Waals surface area (Å²) in [5.41, 5.74) is 1.72. The molecule has 0 atom stereocenters. The molecule has 1 amide bonds. The maximum absolute atomic E-state index is 11.9. The van der Waals surface area contributed by atoms with Gasteiger partial charge in [0.15, 0.2) is 0 Å². The van der Waals surface area contributed by atoms with E-state index in [0.29, 0.717) is 12.4 Å². The molecule has 0 bridgehead atoms. The first kappa shape index (κ1) is 19.1. The van der Waals surface area contributed by atoms with E-state index in [0.717, 1.165) is 40.4 Å². The average Bonchev–Trinajstić information content (AvgIpc) is 3.22. The summed E-state index contributed by atoms with van der Waals surface area (Å²) in [5, 5.41) is 20.0. The van der Waals surface area contributed by atoms with Crippen molar-refractivity contribution in [3.63, 3.8) is 0 Å². The van der Waals surface area contributed by atoms with Crippen LogP contribution in [0.5, 0.6) is 0 Å². The number of anilines is 1. The van der Waals surface area contributed by atoms with E-state index in [9.17, 15) is 4.79 Å². The number of aromatic nitrogens is 4. The predicted octanol–water partition coefficient (Wildman–Crippen LogP) is 3.35. The standard InChI is InChI=1S/C19H22N6OS/c1-2-3-12-20-13-18(26)21-15-6-10-17(11-7-15)27-16-8-4-14(5-9-16)19-22-24-25-23-19/h4-11,20H,2-3,12-13H2,1H3,(H,21,26)(H,22,23,24,25). The normalized spacial score (nSPS) is 10.7. The fourth-order valence-corrected chi connectivity index (χ4v) is 3.22. The molecule has 0 aliphatic heterocycles. The number of H-pyrrole nitrogens is 1. The van der Waals surface area contributed by atoms with E-state index < -0.39 is 0 Å². The molecule has 0 unspecified atom stereocenters. The number of tetrazole rings is 1. The molecule has 140 valence electrons.